The maximum atomic E-state index is 13.8. The highest BCUT2D eigenvalue weighted by atomic mass is 32.2. The van der Waals surface area contributed by atoms with Gasteiger partial charge in [-0.2, -0.15) is 0 Å². The molecule has 1 N–H and O–H groups in total. The maximum Gasteiger partial charge on any atom is 0.320 e. The molecule has 3 aromatic rings. The van der Waals surface area contributed by atoms with Crippen molar-refractivity contribution in [3.05, 3.63) is 64.8 Å². The van der Waals surface area contributed by atoms with Crippen LogP contribution >= 0.6 is 11.9 Å². The van der Waals surface area contributed by atoms with Crippen LogP contribution in [0.25, 0.3) is 11.1 Å². The van der Waals surface area contributed by atoms with Crippen molar-refractivity contribution in [1.82, 2.24) is 19.9 Å². The van der Waals surface area contributed by atoms with Crippen LogP contribution in [0.1, 0.15) is 74.3 Å². The molecule has 1 spiro atoms. The van der Waals surface area contributed by atoms with E-state index in [1.54, 1.807) is 4.90 Å². The van der Waals surface area contributed by atoms with Crippen molar-refractivity contribution >= 4 is 35.6 Å². The SMILES string of the molecule is CCCCC1=NC2(CCCC2)C(=O)N1Cc1ccc(-c2ccccc2SNc2onc(C)c2C)c(CN2CCN(C)C2=O)c1. The summed E-state index contributed by atoms with van der Waals surface area (Å²) >= 11 is 1.48. The van der Waals surface area contributed by atoms with Crippen LogP contribution in [0.3, 0.4) is 0 Å². The van der Waals surface area contributed by atoms with Crippen LogP contribution in [-0.2, 0) is 17.9 Å². The first-order chi connectivity index (χ1) is 21.3. The second-order valence-electron chi connectivity index (χ2n) is 12.3. The van der Waals surface area contributed by atoms with E-state index in [1.807, 2.05) is 42.8 Å². The zero-order valence-electron chi connectivity index (χ0n) is 26.2. The van der Waals surface area contributed by atoms with E-state index in [-0.39, 0.29) is 11.9 Å². The minimum Gasteiger partial charge on any atom is -0.337 e. The fourth-order valence-electron chi connectivity index (χ4n) is 6.47. The van der Waals surface area contributed by atoms with E-state index in [9.17, 15) is 9.59 Å². The Morgan fingerprint density at radius 1 is 1.02 bits per heavy atom. The van der Waals surface area contributed by atoms with Gasteiger partial charge in [-0.15, -0.1) is 0 Å². The number of nitrogens with zero attached hydrogens (tertiary/aromatic N) is 5. The lowest BCUT2D eigenvalue weighted by Gasteiger charge is -2.24. The molecule has 2 aliphatic heterocycles. The van der Waals surface area contributed by atoms with Gasteiger partial charge in [-0.05, 0) is 73.4 Å². The Hall–Kier alpha value is -3.79. The van der Waals surface area contributed by atoms with Crippen molar-refractivity contribution in [2.24, 2.45) is 4.99 Å². The monoisotopic (exact) mass is 614 g/mol. The summed E-state index contributed by atoms with van der Waals surface area (Å²) in [5.41, 5.74) is 5.51. The largest absolute Gasteiger partial charge is 0.337 e. The molecule has 44 heavy (non-hydrogen) atoms. The van der Waals surface area contributed by atoms with Crippen LogP contribution < -0.4 is 4.72 Å². The first kappa shape index (κ1) is 30.2. The summed E-state index contributed by atoms with van der Waals surface area (Å²) in [5, 5.41) is 4.07. The van der Waals surface area contributed by atoms with Gasteiger partial charge in [-0.1, -0.05) is 67.7 Å². The molecule has 6 rings (SSSR count). The third-order valence-electron chi connectivity index (χ3n) is 9.24. The van der Waals surface area contributed by atoms with E-state index in [4.69, 9.17) is 9.52 Å². The smallest absolute Gasteiger partial charge is 0.320 e. The van der Waals surface area contributed by atoms with Gasteiger partial charge in [-0.25, -0.2) is 4.79 Å². The van der Waals surface area contributed by atoms with E-state index < -0.39 is 5.54 Å². The number of hydrogen-bond acceptors (Lipinski definition) is 7. The highest BCUT2D eigenvalue weighted by Crippen LogP contribution is 2.41. The highest BCUT2D eigenvalue weighted by molar-refractivity contribution is 8.00. The number of likely N-dealkylation sites (N-methyl/N-ethyl adjacent to an activating group) is 1. The zero-order valence-corrected chi connectivity index (χ0v) is 27.0. The van der Waals surface area contributed by atoms with Gasteiger partial charge in [0.05, 0.1) is 12.2 Å². The number of aromatic nitrogens is 1. The molecule has 0 atom stereocenters. The van der Waals surface area contributed by atoms with Crippen LogP contribution in [0.2, 0.25) is 0 Å². The summed E-state index contributed by atoms with van der Waals surface area (Å²) in [6, 6.07) is 14.7. The Balaban J connectivity index is 1.32. The molecule has 10 heteroatoms. The standard InChI is InChI=1S/C34H42N6O3S/c1-5-6-13-30-35-34(16-9-10-17-34)32(41)40(30)21-25-14-15-27(26(20-25)22-39-19-18-38(4)33(39)42)28-11-7-8-12-29(28)44-37-31-23(2)24(3)36-43-31/h7-8,11-12,14-15,20,37H,5-6,9-10,13,16-19,21-22H2,1-4H3. The Morgan fingerprint density at radius 3 is 2.52 bits per heavy atom. The summed E-state index contributed by atoms with van der Waals surface area (Å²) < 4.78 is 8.81. The number of rotatable bonds is 11. The van der Waals surface area contributed by atoms with Gasteiger partial charge in [0.15, 0.2) is 0 Å². The van der Waals surface area contributed by atoms with Crippen molar-refractivity contribution in [3.8, 4) is 11.1 Å². The van der Waals surface area contributed by atoms with E-state index in [1.165, 1.54) is 11.9 Å². The van der Waals surface area contributed by atoms with Crippen molar-refractivity contribution in [2.45, 2.75) is 89.2 Å². The Morgan fingerprint density at radius 2 is 1.82 bits per heavy atom. The molecular formula is C34H42N6O3S. The van der Waals surface area contributed by atoms with Crippen LogP contribution in [0, 0.1) is 13.8 Å². The van der Waals surface area contributed by atoms with Gasteiger partial charge in [-0.3, -0.25) is 19.4 Å². The number of benzene rings is 2. The first-order valence-electron chi connectivity index (χ1n) is 15.8. The van der Waals surface area contributed by atoms with E-state index >= 15 is 0 Å². The van der Waals surface area contributed by atoms with Gasteiger partial charge >= 0.3 is 6.03 Å². The quantitative estimate of drug-likeness (QED) is 0.230. The average Bonchev–Trinajstić information content (AvgIpc) is 3.78. The molecule has 232 valence electrons. The number of anilines is 1. The molecule has 1 saturated carbocycles. The maximum absolute atomic E-state index is 13.8. The summed E-state index contributed by atoms with van der Waals surface area (Å²) in [7, 11) is 1.85. The number of carbonyl (C=O) groups is 2. The summed E-state index contributed by atoms with van der Waals surface area (Å²) in [6.07, 6.45) is 6.72. The Bertz CT molecular complexity index is 1580. The molecule has 0 bridgehead atoms. The number of unbranched alkanes of at least 4 members (excludes halogenated alkanes) is 1. The Kier molecular flexibility index (Phi) is 8.71. The molecule has 3 amide bonds. The molecule has 0 unspecified atom stereocenters. The summed E-state index contributed by atoms with van der Waals surface area (Å²) in [4.78, 5) is 38.5. The minimum absolute atomic E-state index is 0.0359. The van der Waals surface area contributed by atoms with Crippen molar-refractivity contribution in [1.29, 1.82) is 0 Å². The third-order valence-corrected chi connectivity index (χ3v) is 10.1. The van der Waals surface area contributed by atoms with E-state index in [0.717, 1.165) is 89.2 Å². The summed E-state index contributed by atoms with van der Waals surface area (Å²) in [6.45, 7) is 8.47. The van der Waals surface area contributed by atoms with Crippen LogP contribution in [0.4, 0.5) is 10.7 Å². The van der Waals surface area contributed by atoms with Crippen molar-refractivity contribution in [2.75, 3.05) is 24.9 Å². The fourth-order valence-corrected chi connectivity index (χ4v) is 7.29. The topological polar surface area (TPSA) is 94.3 Å². The molecular weight excluding hydrogens is 572 g/mol. The molecule has 1 aromatic heterocycles. The van der Waals surface area contributed by atoms with E-state index in [2.05, 4.69) is 47.1 Å². The number of amidine groups is 1. The predicted molar refractivity (Wildman–Crippen MR) is 174 cm³/mol. The number of nitrogens with one attached hydrogen (secondary N) is 1. The normalized spacial score (nSPS) is 17.8. The molecule has 1 aliphatic carbocycles. The molecule has 1 saturated heterocycles. The molecule has 2 aromatic carbocycles. The Labute approximate surface area is 264 Å². The predicted octanol–water partition coefficient (Wildman–Crippen LogP) is 7.19. The number of amides is 3. The molecule has 9 nitrogen and oxygen atoms in total. The van der Waals surface area contributed by atoms with Crippen molar-refractivity contribution in [3.63, 3.8) is 0 Å². The molecule has 3 aliphatic rings. The average molecular weight is 615 g/mol. The second-order valence-corrected chi connectivity index (χ2v) is 13.1. The lowest BCUT2D eigenvalue weighted by atomic mass is 9.96. The van der Waals surface area contributed by atoms with Crippen LogP contribution in [0.5, 0.6) is 0 Å². The van der Waals surface area contributed by atoms with Crippen LogP contribution in [0.15, 0.2) is 56.9 Å². The van der Waals surface area contributed by atoms with Gasteiger partial charge < -0.3 is 14.3 Å². The van der Waals surface area contributed by atoms with Gasteiger partial charge in [0, 0.05) is 43.6 Å². The van der Waals surface area contributed by atoms with Crippen molar-refractivity contribution < 1.29 is 14.1 Å². The first-order valence-corrected chi connectivity index (χ1v) is 16.6. The van der Waals surface area contributed by atoms with Gasteiger partial charge in [0.1, 0.15) is 11.4 Å². The lowest BCUT2D eigenvalue weighted by molar-refractivity contribution is -0.131. The van der Waals surface area contributed by atoms with Gasteiger partial charge in [0.25, 0.3) is 5.91 Å². The van der Waals surface area contributed by atoms with E-state index in [0.29, 0.717) is 32.1 Å². The number of hydrogen-bond donors (Lipinski definition) is 1. The lowest BCUT2D eigenvalue weighted by Crippen LogP contribution is -2.40. The number of urea groups is 1. The van der Waals surface area contributed by atoms with Gasteiger partial charge in [0.2, 0.25) is 5.88 Å². The second kappa shape index (κ2) is 12.7. The third kappa shape index (κ3) is 5.84. The fraction of sp³-hybridized carbons (Fsp3) is 0.471. The number of aliphatic imine (C=N–C) groups is 1. The highest BCUT2D eigenvalue weighted by Gasteiger charge is 2.49. The zero-order chi connectivity index (χ0) is 30.8. The van der Waals surface area contributed by atoms with Crippen LogP contribution in [-0.4, -0.2) is 63.3 Å². The summed E-state index contributed by atoms with van der Waals surface area (Å²) in [5.74, 6) is 1.74. The minimum atomic E-state index is -0.554. The number of carbonyl (C=O) groups excluding carboxylic acids is 2. The molecule has 0 radical (unpaired) electrons. The molecule has 2 fully saturated rings. The number of aryl methyl sites for hydroxylation is 1. The molecule has 3 heterocycles.